The van der Waals surface area contributed by atoms with Gasteiger partial charge >= 0.3 is 5.97 Å². The fraction of sp³-hybridized carbons (Fsp3) is 0.115. The number of benzene rings is 3. The van der Waals surface area contributed by atoms with Gasteiger partial charge in [0, 0.05) is 12.5 Å². The average Bonchev–Trinajstić information content (AvgIpc) is 2.79. The van der Waals surface area contributed by atoms with E-state index >= 15 is 0 Å². The number of carbonyl (C=O) groups excluding carboxylic acids is 1. The summed E-state index contributed by atoms with van der Waals surface area (Å²) in [7, 11) is -3.90. The van der Waals surface area contributed by atoms with Crippen LogP contribution in [0.4, 0.5) is 0 Å². The number of ether oxygens (including phenoxy) is 1. The zero-order valence-corrected chi connectivity index (χ0v) is 18.8. The van der Waals surface area contributed by atoms with Crippen LogP contribution < -0.4 is 0 Å². The van der Waals surface area contributed by atoms with Crippen molar-refractivity contribution in [2.75, 3.05) is 6.54 Å². The zero-order valence-electron chi connectivity index (χ0n) is 18.0. The molecule has 0 aromatic heterocycles. The van der Waals surface area contributed by atoms with E-state index in [1.807, 2.05) is 49.4 Å². The largest absolute Gasteiger partial charge is 0.424 e. The van der Waals surface area contributed by atoms with Crippen LogP contribution in [0.1, 0.15) is 23.6 Å². The van der Waals surface area contributed by atoms with Crippen LogP contribution in [0.3, 0.4) is 0 Å². The quantitative estimate of drug-likeness (QED) is 0.349. The van der Waals surface area contributed by atoms with E-state index in [1.165, 1.54) is 17.4 Å². The molecule has 0 N–H and O–H groups in total. The van der Waals surface area contributed by atoms with Crippen molar-refractivity contribution in [2.24, 2.45) is 0 Å². The van der Waals surface area contributed by atoms with Crippen molar-refractivity contribution in [1.29, 1.82) is 0 Å². The van der Waals surface area contributed by atoms with Gasteiger partial charge in [-0.2, -0.15) is 0 Å². The van der Waals surface area contributed by atoms with E-state index in [2.05, 4.69) is 0 Å². The van der Waals surface area contributed by atoms with Gasteiger partial charge in [0.05, 0.1) is 17.6 Å². The van der Waals surface area contributed by atoms with Gasteiger partial charge in [-0.15, -0.1) is 0 Å². The summed E-state index contributed by atoms with van der Waals surface area (Å²) in [6.45, 7) is 3.23. The molecule has 32 heavy (non-hydrogen) atoms. The normalized spacial score (nSPS) is 12.0. The van der Waals surface area contributed by atoms with Crippen molar-refractivity contribution in [1.82, 2.24) is 4.31 Å². The maximum atomic E-state index is 13.4. The topological polar surface area (TPSA) is 63.7 Å². The zero-order chi connectivity index (χ0) is 23.0. The van der Waals surface area contributed by atoms with Crippen LogP contribution in [0.5, 0.6) is 0 Å². The summed E-state index contributed by atoms with van der Waals surface area (Å²) in [6.07, 6.45) is 4.97. The van der Waals surface area contributed by atoms with Crippen LogP contribution >= 0.6 is 0 Å². The fourth-order valence-corrected chi connectivity index (χ4v) is 4.24. The maximum Gasteiger partial charge on any atom is 0.308 e. The third kappa shape index (κ3) is 6.18. The number of carbonyl (C=O) groups is 1. The van der Waals surface area contributed by atoms with Gasteiger partial charge in [0.2, 0.25) is 0 Å². The Morgan fingerprint density at radius 3 is 2.09 bits per heavy atom. The summed E-state index contributed by atoms with van der Waals surface area (Å²) in [4.78, 5) is 11.9. The van der Waals surface area contributed by atoms with Crippen LogP contribution in [0, 0.1) is 6.92 Å². The van der Waals surface area contributed by atoms with Gasteiger partial charge in [-0.05, 0) is 24.6 Å². The first kappa shape index (κ1) is 23.0. The summed E-state index contributed by atoms with van der Waals surface area (Å²) >= 11 is 0. The molecule has 0 aliphatic carbocycles. The first-order valence-electron chi connectivity index (χ1n) is 10.1. The molecule has 3 rings (SSSR count). The van der Waals surface area contributed by atoms with E-state index < -0.39 is 16.0 Å². The van der Waals surface area contributed by atoms with E-state index in [1.54, 1.807) is 54.6 Å². The maximum absolute atomic E-state index is 13.4. The predicted octanol–water partition coefficient (Wildman–Crippen LogP) is 5.26. The summed E-state index contributed by atoms with van der Waals surface area (Å²) in [5.41, 5.74) is 2.51. The number of nitrogens with zero attached hydrogens (tertiary/aromatic N) is 1. The monoisotopic (exact) mass is 447 g/mol. The highest BCUT2D eigenvalue weighted by molar-refractivity contribution is 7.89. The molecule has 3 aromatic carbocycles. The predicted molar refractivity (Wildman–Crippen MR) is 127 cm³/mol. The molecule has 0 aliphatic rings. The number of sulfonamides is 1. The Labute approximate surface area is 189 Å². The lowest BCUT2D eigenvalue weighted by Gasteiger charge is -2.21. The Kier molecular flexibility index (Phi) is 7.63. The lowest BCUT2D eigenvalue weighted by atomic mass is 10.2. The summed E-state index contributed by atoms with van der Waals surface area (Å²) in [5.74, 6) is -0.380. The van der Waals surface area contributed by atoms with Gasteiger partial charge < -0.3 is 4.74 Å². The highest BCUT2D eigenvalue weighted by Crippen LogP contribution is 2.22. The molecule has 0 heterocycles. The smallest absolute Gasteiger partial charge is 0.308 e. The highest BCUT2D eigenvalue weighted by atomic mass is 32.2. The van der Waals surface area contributed by atoms with E-state index in [9.17, 15) is 13.2 Å². The average molecular weight is 448 g/mol. The molecule has 0 radical (unpaired) electrons. The second kappa shape index (κ2) is 10.6. The molecule has 0 unspecified atom stereocenters. The fourth-order valence-electron chi connectivity index (χ4n) is 2.97. The van der Waals surface area contributed by atoms with E-state index in [0.717, 1.165) is 11.1 Å². The van der Waals surface area contributed by atoms with Crippen LogP contribution in [0.25, 0.3) is 11.8 Å². The van der Waals surface area contributed by atoms with Crippen molar-refractivity contribution in [2.45, 2.75) is 18.7 Å². The molecule has 0 saturated heterocycles. The summed E-state index contributed by atoms with van der Waals surface area (Å²) < 4.78 is 33.4. The Balaban J connectivity index is 2.03. The molecular weight excluding hydrogens is 422 g/mol. The van der Waals surface area contributed by atoms with Crippen molar-refractivity contribution in [3.63, 3.8) is 0 Å². The molecule has 0 saturated carbocycles. The second-order valence-corrected chi connectivity index (χ2v) is 9.04. The number of hydrogen-bond donors (Lipinski definition) is 0. The number of aryl methyl sites for hydroxylation is 1. The Hall–Kier alpha value is -3.64. The van der Waals surface area contributed by atoms with E-state index in [4.69, 9.17) is 4.74 Å². The SMILES string of the molecule is CC(=O)O/C(=C\N(C/C=C/c1ccccc1)S(=O)(=O)c1ccc(C)cc1)c1ccccc1. The highest BCUT2D eigenvalue weighted by Gasteiger charge is 2.22. The number of hydrogen-bond acceptors (Lipinski definition) is 4. The van der Waals surface area contributed by atoms with Crippen molar-refractivity contribution >= 4 is 27.8 Å². The molecule has 6 heteroatoms. The molecule has 0 amide bonds. The van der Waals surface area contributed by atoms with Crippen LogP contribution in [0.2, 0.25) is 0 Å². The summed E-state index contributed by atoms with van der Waals surface area (Å²) in [5, 5.41) is 0. The second-order valence-electron chi connectivity index (χ2n) is 7.15. The van der Waals surface area contributed by atoms with Crippen LogP contribution in [-0.4, -0.2) is 25.2 Å². The van der Waals surface area contributed by atoms with Crippen molar-refractivity contribution < 1.29 is 17.9 Å². The van der Waals surface area contributed by atoms with Crippen molar-refractivity contribution in [3.8, 4) is 0 Å². The first-order valence-corrected chi connectivity index (χ1v) is 11.6. The minimum atomic E-state index is -3.90. The number of esters is 1. The first-order chi connectivity index (χ1) is 15.4. The third-order valence-electron chi connectivity index (χ3n) is 4.60. The lowest BCUT2D eigenvalue weighted by Crippen LogP contribution is -2.27. The van der Waals surface area contributed by atoms with Gasteiger partial charge in [0.1, 0.15) is 0 Å². The van der Waals surface area contributed by atoms with Crippen LogP contribution in [-0.2, 0) is 19.6 Å². The standard InChI is InChI=1S/C26H25NO4S/c1-21-15-17-25(18-16-21)32(29,30)27(19-9-12-23-10-5-3-6-11-23)20-26(31-22(2)28)24-13-7-4-8-14-24/h3-18,20H,19H2,1-2H3/b12-9+,26-20-. The van der Waals surface area contributed by atoms with Gasteiger partial charge in [-0.1, -0.05) is 90.5 Å². The molecule has 164 valence electrons. The molecule has 3 aromatic rings. The number of rotatable bonds is 8. The van der Waals surface area contributed by atoms with Gasteiger partial charge in [-0.25, -0.2) is 8.42 Å². The molecule has 0 spiro atoms. The minimum Gasteiger partial charge on any atom is -0.424 e. The molecular formula is C26H25NO4S. The van der Waals surface area contributed by atoms with E-state index in [-0.39, 0.29) is 17.2 Å². The molecule has 5 nitrogen and oxygen atoms in total. The van der Waals surface area contributed by atoms with Crippen molar-refractivity contribution in [3.05, 3.63) is 114 Å². The minimum absolute atomic E-state index is 0.0582. The molecule has 0 fully saturated rings. The van der Waals surface area contributed by atoms with Crippen LogP contribution in [0.15, 0.2) is 102 Å². The molecule has 0 aliphatic heterocycles. The Morgan fingerprint density at radius 1 is 0.906 bits per heavy atom. The van der Waals surface area contributed by atoms with Gasteiger partial charge in [0.25, 0.3) is 10.0 Å². The van der Waals surface area contributed by atoms with Gasteiger partial charge in [0.15, 0.2) is 5.76 Å². The third-order valence-corrected chi connectivity index (χ3v) is 6.34. The lowest BCUT2D eigenvalue weighted by molar-refractivity contribution is -0.134. The summed E-state index contributed by atoms with van der Waals surface area (Å²) in [6, 6.07) is 25.2. The molecule has 0 atom stereocenters. The van der Waals surface area contributed by atoms with E-state index in [0.29, 0.717) is 5.56 Å². The molecule has 0 bridgehead atoms. The van der Waals surface area contributed by atoms with Gasteiger partial charge in [-0.3, -0.25) is 9.10 Å². The Morgan fingerprint density at radius 2 is 1.50 bits per heavy atom. The Bertz CT molecular complexity index is 1200.